The molecular weight excluding hydrogens is 548 g/mol. The lowest BCUT2D eigenvalue weighted by Crippen LogP contribution is -2.28. The van der Waals surface area contributed by atoms with Crippen molar-refractivity contribution in [2.75, 3.05) is 13.2 Å². The predicted octanol–water partition coefficient (Wildman–Crippen LogP) is 10.8. The topological polar surface area (TPSA) is 72.8 Å². The predicted molar refractivity (Wildman–Crippen MR) is 187 cm³/mol. The van der Waals surface area contributed by atoms with Gasteiger partial charge in [-0.25, -0.2) is 0 Å². The average Bonchev–Trinajstić information content (AvgIpc) is 3.02. The molecule has 0 spiro atoms. The number of aliphatic hydroxyl groups excluding tert-OH is 1. The minimum Gasteiger partial charge on any atom is -0.462 e. The molecule has 0 aromatic rings. The number of allylic oxidation sites excluding steroid dienone is 10. The van der Waals surface area contributed by atoms with Gasteiger partial charge in [0.15, 0.2) is 6.10 Å². The molecule has 1 atom stereocenters. The van der Waals surface area contributed by atoms with Gasteiger partial charge in [-0.05, 0) is 77.0 Å². The van der Waals surface area contributed by atoms with Crippen LogP contribution in [-0.2, 0) is 19.1 Å². The Morgan fingerprint density at radius 1 is 0.545 bits per heavy atom. The normalized spacial score (nSPS) is 12.9. The molecule has 5 heteroatoms. The Morgan fingerprint density at radius 2 is 0.977 bits per heavy atom. The van der Waals surface area contributed by atoms with Gasteiger partial charge in [0, 0.05) is 12.8 Å². The molecule has 0 unspecified atom stereocenters. The van der Waals surface area contributed by atoms with Crippen molar-refractivity contribution < 1.29 is 24.2 Å². The van der Waals surface area contributed by atoms with Gasteiger partial charge in [0.2, 0.25) is 0 Å². The number of carbonyl (C=O) groups excluding carboxylic acids is 2. The molecule has 0 aliphatic carbocycles. The molecule has 0 saturated carbocycles. The summed E-state index contributed by atoms with van der Waals surface area (Å²) in [6.45, 7) is 3.96. The highest BCUT2D eigenvalue weighted by Crippen LogP contribution is 2.11. The third kappa shape index (κ3) is 32.5. The minimum atomic E-state index is -0.786. The first-order chi connectivity index (χ1) is 21.6. The summed E-state index contributed by atoms with van der Waals surface area (Å²) in [4.78, 5) is 24.2. The molecule has 0 aliphatic heterocycles. The Bertz CT molecular complexity index is 792. The van der Waals surface area contributed by atoms with Crippen LogP contribution in [0.1, 0.15) is 155 Å². The zero-order chi connectivity index (χ0) is 32.2. The number of unbranched alkanes of at least 4 members (excludes halogenated alkanes) is 13. The van der Waals surface area contributed by atoms with E-state index in [1.165, 1.54) is 44.9 Å². The number of esters is 2. The third-order valence-corrected chi connectivity index (χ3v) is 7.30. The zero-order valence-electron chi connectivity index (χ0n) is 28.4. The number of ether oxygens (including phenoxy) is 2. The van der Waals surface area contributed by atoms with E-state index >= 15 is 0 Å². The van der Waals surface area contributed by atoms with Gasteiger partial charge in [0.05, 0.1) is 6.61 Å². The standard InChI is InChI=1S/C39H66O5/c1-3-5-7-9-11-13-15-17-18-19-20-22-23-25-27-29-31-33-38(41)43-36-37(35-40)44-39(42)34-32-30-28-26-24-21-16-14-12-10-8-6-4-2/h5,7,11,13-14,16-18,20,22,37,40H,3-4,6,8-10,12,15,19,21,23-36H2,1-2H3/t37-/m0/s1. The molecule has 0 rings (SSSR count). The van der Waals surface area contributed by atoms with Crippen molar-refractivity contribution in [3.8, 4) is 0 Å². The van der Waals surface area contributed by atoms with Crippen molar-refractivity contribution in [2.24, 2.45) is 0 Å². The minimum absolute atomic E-state index is 0.0843. The maximum Gasteiger partial charge on any atom is 0.306 e. The van der Waals surface area contributed by atoms with Crippen LogP contribution >= 0.6 is 0 Å². The average molecular weight is 615 g/mol. The van der Waals surface area contributed by atoms with Gasteiger partial charge in [0.1, 0.15) is 6.61 Å². The van der Waals surface area contributed by atoms with E-state index in [0.717, 1.165) is 83.5 Å². The molecule has 0 aromatic heterocycles. The quantitative estimate of drug-likeness (QED) is 0.0478. The molecule has 0 aromatic carbocycles. The van der Waals surface area contributed by atoms with Gasteiger partial charge in [-0.3, -0.25) is 9.59 Å². The van der Waals surface area contributed by atoms with E-state index in [9.17, 15) is 14.7 Å². The van der Waals surface area contributed by atoms with E-state index in [4.69, 9.17) is 9.47 Å². The summed E-state index contributed by atoms with van der Waals surface area (Å²) >= 11 is 0. The molecule has 1 N–H and O–H groups in total. The fourth-order valence-electron chi connectivity index (χ4n) is 4.60. The summed E-state index contributed by atoms with van der Waals surface area (Å²) in [7, 11) is 0. The van der Waals surface area contributed by atoms with Crippen LogP contribution in [0.3, 0.4) is 0 Å². The highest BCUT2D eigenvalue weighted by atomic mass is 16.6. The van der Waals surface area contributed by atoms with E-state index in [2.05, 4.69) is 74.6 Å². The van der Waals surface area contributed by atoms with Gasteiger partial charge >= 0.3 is 11.9 Å². The summed E-state index contributed by atoms with van der Waals surface area (Å²) in [6, 6.07) is 0. The van der Waals surface area contributed by atoms with Crippen LogP contribution in [0, 0.1) is 0 Å². The largest absolute Gasteiger partial charge is 0.462 e. The Labute approximate surface area is 271 Å². The Kier molecular flexibility index (Phi) is 33.2. The van der Waals surface area contributed by atoms with Crippen LogP contribution in [0.25, 0.3) is 0 Å². The molecule has 0 aliphatic rings. The second kappa shape index (κ2) is 35.1. The summed E-state index contributed by atoms with van der Waals surface area (Å²) in [5.74, 6) is -0.635. The van der Waals surface area contributed by atoms with Crippen LogP contribution in [0.5, 0.6) is 0 Å². The molecule has 44 heavy (non-hydrogen) atoms. The van der Waals surface area contributed by atoms with Gasteiger partial charge in [-0.15, -0.1) is 0 Å². The number of hydrogen-bond donors (Lipinski definition) is 1. The number of hydrogen-bond acceptors (Lipinski definition) is 5. The molecule has 0 saturated heterocycles. The van der Waals surface area contributed by atoms with Crippen molar-refractivity contribution in [3.63, 3.8) is 0 Å². The monoisotopic (exact) mass is 614 g/mol. The third-order valence-electron chi connectivity index (χ3n) is 7.30. The molecule has 0 heterocycles. The van der Waals surface area contributed by atoms with Crippen molar-refractivity contribution >= 4 is 11.9 Å². The molecule has 0 bridgehead atoms. The van der Waals surface area contributed by atoms with E-state index in [0.29, 0.717) is 12.8 Å². The Balaban J connectivity index is 3.66. The summed E-state index contributed by atoms with van der Waals surface area (Å²) in [5.41, 5.74) is 0. The van der Waals surface area contributed by atoms with Gasteiger partial charge in [0.25, 0.3) is 0 Å². The van der Waals surface area contributed by atoms with Crippen molar-refractivity contribution in [1.29, 1.82) is 0 Å². The molecule has 0 fully saturated rings. The van der Waals surface area contributed by atoms with Gasteiger partial charge in [-0.2, -0.15) is 0 Å². The van der Waals surface area contributed by atoms with Gasteiger partial charge in [-0.1, -0.05) is 126 Å². The highest BCUT2D eigenvalue weighted by molar-refractivity contribution is 5.70. The van der Waals surface area contributed by atoms with Crippen molar-refractivity contribution in [3.05, 3.63) is 60.8 Å². The molecule has 5 nitrogen and oxygen atoms in total. The van der Waals surface area contributed by atoms with E-state index in [1.807, 2.05) is 0 Å². The Hall–Kier alpha value is -2.40. The van der Waals surface area contributed by atoms with Crippen LogP contribution < -0.4 is 0 Å². The van der Waals surface area contributed by atoms with Crippen LogP contribution in [0.15, 0.2) is 60.8 Å². The lowest BCUT2D eigenvalue weighted by Gasteiger charge is -2.15. The van der Waals surface area contributed by atoms with E-state index < -0.39 is 6.10 Å². The second-order valence-corrected chi connectivity index (χ2v) is 11.6. The Morgan fingerprint density at radius 3 is 1.50 bits per heavy atom. The molecular formula is C39H66O5. The van der Waals surface area contributed by atoms with Crippen LogP contribution in [-0.4, -0.2) is 36.4 Å². The van der Waals surface area contributed by atoms with Gasteiger partial charge < -0.3 is 14.6 Å². The molecule has 252 valence electrons. The summed E-state index contributed by atoms with van der Waals surface area (Å²) in [5, 5.41) is 9.52. The first kappa shape index (κ1) is 41.6. The summed E-state index contributed by atoms with van der Waals surface area (Å²) < 4.78 is 10.5. The van der Waals surface area contributed by atoms with Crippen molar-refractivity contribution in [2.45, 2.75) is 161 Å². The first-order valence-corrected chi connectivity index (χ1v) is 17.8. The number of carbonyl (C=O) groups is 2. The fraction of sp³-hybridized carbons (Fsp3) is 0.692. The fourth-order valence-corrected chi connectivity index (χ4v) is 4.60. The number of rotatable bonds is 31. The maximum atomic E-state index is 12.1. The molecule has 0 radical (unpaired) electrons. The second-order valence-electron chi connectivity index (χ2n) is 11.6. The lowest BCUT2D eigenvalue weighted by atomic mass is 10.1. The SMILES string of the molecule is CCC=CCC=CCC=CCC=CCCCCCCC(=O)OC[C@H](CO)OC(=O)CCCCCCCC=CCCCCCC. The van der Waals surface area contributed by atoms with Crippen LogP contribution in [0.2, 0.25) is 0 Å². The first-order valence-electron chi connectivity index (χ1n) is 17.8. The van der Waals surface area contributed by atoms with Crippen molar-refractivity contribution in [1.82, 2.24) is 0 Å². The smallest absolute Gasteiger partial charge is 0.306 e. The van der Waals surface area contributed by atoms with E-state index in [-0.39, 0.29) is 25.2 Å². The van der Waals surface area contributed by atoms with Crippen LogP contribution in [0.4, 0.5) is 0 Å². The number of aliphatic hydroxyl groups is 1. The summed E-state index contributed by atoms with van der Waals surface area (Å²) in [6.07, 6.45) is 44.1. The zero-order valence-corrected chi connectivity index (χ0v) is 28.4. The highest BCUT2D eigenvalue weighted by Gasteiger charge is 2.16. The maximum absolute atomic E-state index is 12.1. The van der Waals surface area contributed by atoms with E-state index in [1.54, 1.807) is 0 Å². The lowest BCUT2D eigenvalue weighted by molar-refractivity contribution is -0.161. The molecule has 0 amide bonds.